The molecular weight excluding hydrogens is 366 g/mol. The lowest BCUT2D eigenvalue weighted by Gasteiger charge is -2.29. The number of benzene rings is 1. The molecule has 1 unspecified atom stereocenters. The normalized spacial score (nSPS) is 21.4. The summed E-state index contributed by atoms with van der Waals surface area (Å²) in [7, 11) is -3.04. The van der Waals surface area contributed by atoms with Crippen molar-refractivity contribution >= 4 is 27.3 Å². The van der Waals surface area contributed by atoms with Crippen LogP contribution in [-0.4, -0.2) is 50.1 Å². The molecule has 0 radical (unpaired) electrons. The van der Waals surface area contributed by atoms with Crippen molar-refractivity contribution in [3.8, 4) is 5.75 Å². The van der Waals surface area contributed by atoms with Gasteiger partial charge in [-0.2, -0.15) is 0 Å². The predicted molar refractivity (Wildman–Crippen MR) is 94.5 cm³/mol. The molecule has 1 fully saturated rings. The molecule has 8 heteroatoms. The third-order valence-electron chi connectivity index (χ3n) is 4.53. The van der Waals surface area contributed by atoms with Crippen LogP contribution in [0.25, 0.3) is 0 Å². The number of hydrogen-bond acceptors (Lipinski definition) is 5. The molecule has 2 aliphatic rings. The first-order chi connectivity index (χ1) is 11.9. The van der Waals surface area contributed by atoms with Gasteiger partial charge in [0.25, 0.3) is 0 Å². The molecule has 3 rings (SSSR count). The number of nitrogens with zero attached hydrogens (tertiary/aromatic N) is 1. The van der Waals surface area contributed by atoms with E-state index in [0.717, 1.165) is 17.5 Å². The van der Waals surface area contributed by atoms with Gasteiger partial charge in [-0.3, -0.25) is 4.79 Å². The number of fused-ring (bicyclic) bond motifs is 1. The van der Waals surface area contributed by atoms with Gasteiger partial charge in [-0.15, -0.1) is 0 Å². The van der Waals surface area contributed by atoms with E-state index >= 15 is 0 Å². The van der Waals surface area contributed by atoms with Crippen molar-refractivity contribution < 1.29 is 22.7 Å². The average molecular weight is 388 g/mol. The van der Waals surface area contributed by atoms with E-state index in [-0.39, 0.29) is 36.7 Å². The molecule has 0 saturated carbocycles. The second kappa shape index (κ2) is 7.51. The van der Waals surface area contributed by atoms with Gasteiger partial charge in [0.15, 0.2) is 16.6 Å². The van der Waals surface area contributed by atoms with E-state index in [4.69, 9.17) is 21.1 Å². The maximum Gasteiger partial charge on any atom is 0.227 e. The highest BCUT2D eigenvalue weighted by atomic mass is 35.5. The highest BCUT2D eigenvalue weighted by molar-refractivity contribution is 7.91. The van der Waals surface area contributed by atoms with Crippen molar-refractivity contribution in [2.75, 3.05) is 24.8 Å². The van der Waals surface area contributed by atoms with Crippen LogP contribution in [0.15, 0.2) is 12.1 Å². The van der Waals surface area contributed by atoms with Crippen LogP contribution >= 0.6 is 11.6 Å². The molecule has 1 atom stereocenters. The number of ether oxygens (including phenoxy) is 2. The fourth-order valence-electron chi connectivity index (χ4n) is 3.43. The van der Waals surface area contributed by atoms with E-state index in [0.29, 0.717) is 30.3 Å². The van der Waals surface area contributed by atoms with Crippen LogP contribution < -0.4 is 4.74 Å². The molecular formula is C17H22ClNO5S. The number of rotatable bonds is 5. The summed E-state index contributed by atoms with van der Waals surface area (Å²) in [5.41, 5.74) is 1.55. The molecule has 2 aliphatic heterocycles. The van der Waals surface area contributed by atoms with Crippen LogP contribution in [-0.2, 0) is 32.4 Å². The highest BCUT2D eigenvalue weighted by Gasteiger charge is 2.34. The van der Waals surface area contributed by atoms with E-state index in [1.807, 2.05) is 6.92 Å². The monoisotopic (exact) mass is 387 g/mol. The van der Waals surface area contributed by atoms with E-state index in [1.54, 1.807) is 17.0 Å². The van der Waals surface area contributed by atoms with Crippen LogP contribution in [0.3, 0.4) is 0 Å². The Kier molecular flexibility index (Phi) is 5.55. The van der Waals surface area contributed by atoms with Crippen molar-refractivity contribution in [3.05, 3.63) is 28.3 Å². The van der Waals surface area contributed by atoms with Crippen LogP contribution in [0.5, 0.6) is 5.75 Å². The zero-order valence-electron chi connectivity index (χ0n) is 14.2. The third-order valence-corrected chi connectivity index (χ3v) is 6.50. The number of sulfone groups is 1. The molecule has 0 spiro atoms. The largest absolute Gasteiger partial charge is 0.467 e. The third kappa shape index (κ3) is 4.27. The fourth-order valence-corrected chi connectivity index (χ4v) is 5.42. The Morgan fingerprint density at radius 2 is 2.20 bits per heavy atom. The van der Waals surface area contributed by atoms with Gasteiger partial charge < -0.3 is 14.4 Å². The first kappa shape index (κ1) is 18.5. The van der Waals surface area contributed by atoms with Crippen LogP contribution in [0.2, 0.25) is 5.02 Å². The number of hydrogen-bond donors (Lipinski definition) is 0. The molecule has 0 aliphatic carbocycles. The second-order valence-corrected chi connectivity index (χ2v) is 9.15. The molecule has 138 valence electrons. The van der Waals surface area contributed by atoms with Gasteiger partial charge in [0, 0.05) is 28.7 Å². The topological polar surface area (TPSA) is 72.9 Å². The quantitative estimate of drug-likeness (QED) is 0.774. The molecule has 1 aromatic carbocycles. The maximum absolute atomic E-state index is 12.9. The molecule has 6 nitrogen and oxygen atoms in total. The van der Waals surface area contributed by atoms with Crippen LogP contribution in [0.1, 0.15) is 30.9 Å². The van der Waals surface area contributed by atoms with Crippen molar-refractivity contribution in [1.29, 1.82) is 0 Å². The average Bonchev–Trinajstić information content (AvgIpc) is 2.92. The lowest BCUT2D eigenvalue weighted by Crippen LogP contribution is -2.42. The van der Waals surface area contributed by atoms with Crippen molar-refractivity contribution in [2.45, 2.75) is 38.8 Å². The van der Waals surface area contributed by atoms with Gasteiger partial charge in [-0.1, -0.05) is 18.5 Å². The van der Waals surface area contributed by atoms with Crippen LogP contribution in [0.4, 0.5) is 0 Å². The summed E-state index contributed by atoms with van der Waals surface area (Å²) >= 11 is 6.16. The minimum Gasteiger partial charge on any atom is -0.467 e. The summed E-state index contributed by atoms with van der Waals surface area (Å²) in [6.07, 6.45) is 1.42. The van der Waals surface area contributed by atoms with Crippen molar-refractivity contribution in [2.24, 2.45) is 0 Å². The molecule has 0 bridgehead atoms. The van der Waals surface area contributed by atoms with Crippen LogP contribution in [0, 0.1) is 0 Å². The molecule has 2 heterocycles. The molecule has 0 N–H and O–H groups in total. The van der Waals surface area contributed by atoms with E-state index in [2.05, 4.69) is 0 Å². The lowest BCUT2D eigenvalue weighted by atomic mass is 10.0. The SMILES string of the molecule is CCCN(C(=O)Cc1cc(Cl)cc2c1OCOC2)C1CCS(=O)(=O)C1. The minimum absolute atomic E-state index is 0.0523. The highest BCUT2D eigenvalue weighted by Crippen LogP contribution is 2.32. The van der Waals surface area contributed by atoms with Gasteiger partial charge in [-0.25, -0.2) is 8.42 Å². The zero-order valence-corrected chi connectivity index (χ0v) is 15.7. The Hall–Kier alpha value is -1.31. The van der Waals surface area contributed by atoms with Gasteiger partial charge in [0.1, 0.15) is 5.75 Å². The summed E-state index contributed by atoms with van der Waals surface area (Å²) in [5.74, 6) is 0.762. The molecule has 0 aromatic heterocycles. The van der Waals surface area contributed by atoms with Crippen molar-refractivity contribution in [1.82, 2.24) is 4.90 Å². The van der Waals surface area contributed by atoms with Gasteiger partial charge >= 0.3 is 0 Å². The maximum atomic E-state index is 12.9. The van der Waals surface area contributed by atoms with E-state index in [9.17, 15) is 13.2 Å². The summed E-state index contributed by atoms with van der Waals surface area (Å²) in [6.45, 7) is 3.07. The van der Waals surface area contributed by atoms with E-state index < -0.39 is 9.84 Å². The van der Waals surface area contributed by atoms with E-state index in [1.165, 1.54) is 0 Å². The number of carbonyl (C=O) groups is 1. The van der Waals surface area contributed by atoms with Crippen molar-refractivity contribution in [3.63, 3.8) is 0 Å². The fraction of sp³-hybridized carbons (Fsp3) is 0.588. The predicted octanol–water partition coefficient (Wildman–Crippen LogP) is 2.17. The number of halogens is 1. The standard InChI is InChI=1S/C17H22ClNO5S/c1-2-4-19(15-3-5-25(21,22)10-15)16(20)8-12-6-14(18)7-13-9-23-11-24-17(12)13/h6-7,15H,2-5,8-11H2,1H3. The summed E-state index contributed by atoms with van der Waals surface area (Å²) < 4.78 is 34.4. The smallest absolute Gasteiger partial charge is 0.227 e. The summed E-state index contributed by atoms with van der Waals surface area (Å²) in [4.78, 5) is 14.6. The Balaban J connectivity index is 1.81. The summed E-state index contributed by atoms with van der Waals surface area (Å²) in [5, 5.41) is 0.529. The Morgan fingerprint density at radius 3 is 2.88 bits per heavy atom. The van der Waals surface area contributed by atoms with Gasteiger partial charge in [0.05, 0.1) is 24.5 Å². The number of carbonyl (C=O) groups excluding carboxylic acids is 1. The lowest BCUT2D eigenvalue weighted by molar-refractivity contribution is -0.132. The molecule has 1 aromatic rings. The Labute approximate surface area is 153 Å². The molecule has 1 saturated heterocycles. The Morgan fingerprint density at radius 1 is 1.40 bits per heavy atom. The first-order valence-corrected chi connectivity index (χ1v) is 10.6. The first-order valence-electron chi connectivity index (χ1n) is 8.41. The number of amides is 1. The zero-order chi connectivity index (χ0) is 18.0. The van der Waals surface area contributed by atoms with Gasteiger partial charge in [-0.05, 0) is 25.0 Å². The molecule has 1 amide bonds. The van der Waals surface area contributed by atoms with Gasteiger partial charge in [0.2, 0.25) is 5.91 Å². The Bertz CT molecular complexity index is 765. The minimum atomic E-state index is -3.04. The second-order valence-electron chi connectivity index (χ2n) is 6.48. The molecule has 25 heavy (non-hydrogen) atoms. The summed E-state index contributed by atoms with van der Waals surface area (Å²) in [6, 6.07) is 3.27.